The number of nitrogens with zero attached hydrogens (tertiary/aromatic N) is 3. The third kappa shape index (κ3) is 3.79. The van der Waals surface area contributed by atoms with Crippen LogP contribution >= 0.6 is 11.3 Å². The summed E-state index contributed by atoms with van der Waals surface area (Å²) in [6.45, 7) is 4.99. The molecule has 24 heavy (non-hydrogen) atoms. The standard InChI is InChI=1S/C17H20N4O2S/c1-11(2)14-10-24-17(19-14)20-16(23)12-7-15(22)21(8-12)9-13-5-3-4-6-18-13/h3-6,10-12H,7-9H2,1-2H3,(H,19,20,23)/t12-/m1/s1. The molecule has 3 heterocycles. The first kappa shape index (κ1) is 16.6. The molecule has 1 N–H and O–H groups in total. The van der Waals surface area contributed by atoms with Gasteiger partial charge in [0.1, 0.15) is 0 Å². The van der Waals surface area contributed by atoms with Crippen molar-refractivity contribution in [2.75, 3.05) is 11.9 Å². The fraction of sp³-hybridized carbons (Fsp3) is 0.412. The number of hydrogen-bond acceptors (Lipinski definition) is 5. The largest absolute Gasteiger partial charge is 0.336 e. The molecule has 0 bridgehead atoms. The van der Waals surface area contributed by atoms with Gasteiger partial charge in [0.05, 0.1) is 23.9 Å². The van der Waals surface area contributed by atoms with E-state index < -0.39 is 0 Å². The number of amides is 2. The number of carbonyl (C=O) groups is 2. The van der Waals surface area contributed by atoms with Crippen LogP contribution < -0.4 is 5.32 Å². The first-order valence-electron chi connectivity index (χ1n) is 7.97. The van der Waals surface area contributed by atoms with Gasteiger partial charge in [0.25, 0.3) is 0 Å². The highest BCUT2D eigenvalue weighted by molar-refractivity contribution is 7.13. The minimum atomic E-state index is -0.340. The molecule has 2 amide bonds. The predicted molar refractivity (Wildman–Crippen MR) is 92.6 cm³/mol. The molecule has 7 heteroatoms. The normalized spacial score (nSPS) is 17.5. The highest BCUT2D eigenvalue weighted by Crippen LogP contribution is 2.24. The van der Waals surface area contributed by atoms with E-state index in [9.17, 15) is 9.59 Å². The first-order chi connectivity index (χ1) is 11.5. The summed E-state index contributed by atoms with van der Waals surface area (Å²) < 4.78 is 0. The van der Waals surface area contributed by atoms with Crippen LogP contribution in [0.5, 0.6) is 0 Å². The van der Waals surface area contributed by atoms with Crippen molar-refractivity contribution in [2.24, 2.45) is 5.92 Å². The molecule has 0 aliphatic carbocycles. The van der Waals surface area contributed by atoms with Gasteiger partial charge < -0.3 is 10.2 Å². The molecule has 0 unspecified atom stereocenters. The highest BCUT2D eigenvalue weighted by Gasteiger charge is 2.34. The Kier molecular flexibility index (Phi) is 4.89. The maximum Gasteiger partial charge on any atom is 0.231 e. The molecular weight excluding hydrogens is 324 g/mol. The van der Waals surface area contributed by atoms with Crippen molar-refractivity contribution in [3.8, 4) is 0 Å². The molecule has 2 aromatic heterocycles. The lowest BCUT2D eigenvalue weighted by atomic mass is 10.1. The van der Waals surface area contributed by atoms with Crippen LogP contribution in [0.2, 0.25) is 0 Å². The van der Waals surface area contributed by atoms with E-state index in [0.717, 1.165) is 11.4 Å². The summed E-state index contributed by atoms with van der Waals surface area (Å²) in [7, 11) is 0. The predicted octanol–water partition coefficient (Wildman–Crippen LogP) is 2.65. The first-order valence-corrected chi connectivity index (χ1v) is 8.85. The van der Waals surface area contributed by atoms with Crippen LogP contribution in [-0.2, 0) is 16.1 Å². The van der Waals surface area contributed by atoms with Gasteiger partial charge >= 0.3 is 0 Å². The number of likely N-dealkylation sites (tertiary alicyclic amines) is 1. The average molecular weight is 344 g/mol. The maximum absolute atomic E-state index is 12.4. The second-order valence-corrected chi connectivity index (χ2v) is 7.08. The lowest BCUT2D eigenvalue weighted by molar-refractivity contribution is -0.128. The van der Waals surface area contributed by atoms with E-state index in [4.69, 9.17) is 0 Å². The van der Waals surface area contributed by atoms with E-state index >= 15 is 0 Å². The molecule has 3 rings (SSSR count). The summed E-state index contributed by atoms with van der Waals surface area (Å²) in [6, 6.07) is 5.61. The molecule has 126 valence electrons. The minimum Gasteiger partial charge on any atom is -0.336 e. The number of aromatic nitrogens is 2. The minimum absolute atomic E-state index is 0.0113. The molecule has 1 aliphatic rings. The monoisotopic (exact) mass is 344 g/mol. The third-order valence-corrected chi connectivity index (χ3v) is 4.78. The molecular formula is C17H20N4O2S. The zero-order valence-corrected chi connectivity index (χ0v) is 14.5. The van der Waals surface area contributed by atoms with Crippen LogP contribution in [-0.4, -0.2) is 33.2 Å². The second-order valence-electron chi connectivity index (χ2n) is 6.22. The van der Waals surface area contributed by atoms with Gasteiger partial charge in [-0.05, 0) is 18.1 Å². The van der Waals surface area contributed by atoms with Crippen molar-refractivity contribution in [1.82, 2.24) is 14.9 Å². The molecule has 0 saturated carbocycles. The summed E-state index contributed by atoms with van der Waals surface area (Å²) in [5, 5.41) is 5.39. The zero-order chi connectivity index (χ0) is 17.1. The zero-order valence-electron chi connectivity index (χ0n) is 13.7. The van der Waals surface area contributed by atoms with Gasteiger partial charge in [0.15, 0.2) is 5.13 Å². The number of rotatable bonds is 5. The molecule has 1 fully saturated rings. The third-order valence-electron chi connectivity index (χ3n) is 4.01. The number of carbonyl (C=O) groups excluding carboxylic acids is 2. The molecule has 0 spiro atoms. The summed E-state index contributed by atoms with van der Waals surface area (Å²) >= 11 is 1.42. The molecule has 6 nitrogen and oxygen atoms in total. The Bertz CT molecular complexity index is 729. The number of hydrogen-bond donors (Lipinski definition) is 1. The Morgan fingerprint density at radius 2 is 2.29 bits per heavy atom. The average Bonchev–Trinajstić information content (AvgIpc) is 3.16. The number of pyridine rings is 1. The summed E-state index contributed by atoms with van der Waals surface area (Å²) in [5.41, 5.74) is 1.79. The summed E-state index contributed by atoms with van der Waals surface area (Å²) in [4.78, 5) is 34.9. The Balaban J connectivity index is 1.59. The molecule has 1 aliphatic heterocycles. The van der Waals surface area contributed by atoms with Crippen molar-refractivity contribution < 1.29 is 9.59 Å². The Labute approximate surface area is 144 Å². The van der Waals surface area contributed by atoms with E-state index in [-0.39, 0.29) is 24.2 Å². The van der Waals surface area contributed by atoms with Crippen LogP contribution in [0.1, 0.15) is 37.6 Å². The van der Waals surface area contributed by atoms with Gasteiger partial charge in [0.2, 0.25) is 11.8 Å². The van der Waals surface area contributed by atoms with E-state index in [1.54, 1.807) is 11.1 Å². The molecule has 2 aromatic rings. The quantitative estimate of drug-likeness (QED) is 0.905. The maximum atomic E-state index is 12.4. The van der Waals surface area contributed by atoms with Crippen LogP contribution in [0.15, 0.2) is 29.8 Å². The van der Waals surface area contributed by atoms with Gasteiger partial charge in [-0.15, -0.1) is 11.3 Å². The Hall–Kier alpha value is -2.28. The van der Waals surface area contributed by atoms with Crippen molar-refractivity contribution in [3.63, 3.8) is 0 Å². The molecule has 1 atom stereocenters. The van der Waals surface area contributed by atoms with Crippen LogP contribution in [0.3, 0.4) is 0 Å². The summed E-state index contributed by atoms with van der Waals surface area (Å²) in [5.74, 6) is -0.166. The summed E-state index contributed by atoms with van der Waals surface area (Å²) in [6.07, 6.45) is 1.94. The van der Waals surface area contributed by atoms with Crippen molar-refractivity contribution in [1.29, 1.82) is 0 Å². The van der Waals surface area contributed by atoms with Gasteiger partial charge in [-0.25, -0.2) is 4.98 Å². The van der Waals surface area contributed by atoms with Gasteiger partial charge in [-0.3, -0.25) is 14.6 Å². The van der Waals surface area contributed by atoms with Crippen LogP contribution in [0.25, 0.3) is 0 Å². The number of nitrogens with one attached hydrogen (secondary N) is 1. The highest BCUT2D eigenvalue weighted by atomic mass is 32.1. The fourth-order valence-corrected chi connectivity index (χ4v) is 3.48. The Morgan fingerprint density at radius 3 is 2.96 bits per heavy atom. The molecule has 0 radical (unpaired) electrons. The molecule has 0 aromatic carbocycles. The van der Waals surface area contributed by atoms with Crippen LogP contribution in [0.4, 0.5) is 5.13 Å². The second kappa shape index (κ2) is 7.09. The van der Waals surface area contributed by atoms with E-state index in [1.807, 2.05) is 23.6 Å². The van der Waals surface area contributed by atoms with Crippen LogP contribution in [0, 0.1) is 5.92 Å². The van der Waals surface area contributed by atoms with Crippen molar-refractivity contribution in [2.45, 2.75) is 32.7 Å². The van der Waals surface area contributed by atoms with Crippen molar-refractivity contribution >= 4 is 28.3 Å². The topological polar surface area (TPSA) is 75.2 Å². The van der Waals surface area contributed by atoms with Crippen molar-refractivity contribution in [3.05, 3.63) is 41.2 Å². The van der Waals surface area contributed by atoms with Gasteiger partial charge in [-0.1, -0.05) is 19.9 Å². The number of anilines is 1. The van der Waals surface area contributed by atoms with E-state index in [1.165, 1.54) is 11.3 Å². The number of thiazole rings is 1. The SMILES string of the molecule is CC(C)c1csc(NC(=O)[C@@H]2CC(=O)N(Cc3ccccn3)C2)n1. The van der Waals surface area contributed by atoms with Gasteiger partial charge in [-0.2, -0.15) is 0 Å². The van der Waals surface area contributed by atoms with Gasteiger partial charge in [0, 0.05) is 24.5 Å². The van der Waals surface area contributed by atoms with E-state index in [2.05, 4.69) is 29.1 Å². The fourth-order valence-electron chi connectivity index (χ4n) is 2.60. The lowest BCUT2D eigenvalue weighted by Gasteiger charge is -2.15. The lowest BCUT2D eigenvalue weighted by Crippen LogP contribution is -2.28. The molecule has 1 saturated heterocycles. The smallest absolute Gasteiger partial charge is 0.231 e. The van der Waals surface area contributed by atoms with E-state index in [0.29, 0.717) is 24.1 Å². The Morgan fingerprint density at radius 1 is 1.46 bits per heavy atom.